The molecule has 0 fully saturated rings. The highest BCUT2D eigenvalue weighted by atomic mass is 32.2. The van der Waals surface area contributed by atoms with Crippen LogP contribution < -0.4 is 0 Å². The number of cyclic esters (lactones) is 1. The molecular weight excluding hydrogens is 416 g/mol. The van der Waals surface area contributed by atoms with E-state index in [4.69, 9.17) is 9.15 Å². The summed E-state index contributed by atoms with van der Waals surface area (Å²) in [5.41, 5.74) is 2.31. The molecule has 5 rings (SSSR count). The van der Waals surface area contributed by atoms with E-state index >= 15 is 0 Å². The Balaban J connectivity index is 1.35. The van der Waals surface area contributed by atoms with Crippen LogP contribution in [-0.2, 0) is 9.53 Å². The summed E-state index contributed by atoms with van der Waals surface area (Å²) in [6.45, 7) is 0. The number of carbonyl (C=O) groups excluding carboxylic acids is 1. The number of rotatable bonds is 5. The summed E-state index contributed by atoms with van der Waals surface area (Å²) in [4.78, 5) is 21.3. The van der Waals surface area contributed by atoms with Crippen molar-refractivity contribution in [1.82, 2.24) is 9.97 Å². The molecule has 0 aliphatic carbocycles. The molecule has 0 saturated heterocycles. The van der Waals surface area contributed by atoms with Gasteiger partial charge in [-0.1, -0.05) is 36.0 Å². The lowest BCUT2D eigenvalue weighted by Crippen LogP contribution is -2.13. The quantitative estimate of drug-likeness (QED) is 0.350. The monoisotopic (exact) mass is 428 g/mol. The van der Waals surface area contributed by atoms with Gasteiger partial charge in [-0.15, -0.1) is 11.3 Å². The second-order valence-electron chi connectivity index (χ2n) is 5.91. The van der Waals surface area contributed by atoms with Crippen LogP contribution >= 0.6 is 34.9 Å². The number of aliphatic hydroxyl groups excluding tert-OH is 1. The van der Waals surface area contributed by atoms with Gasteiger partial charge in [0.05, 0.1) is 15.1 Å². The molecule has 140 valence electrons. The maximum absolute atomic E-state index is 11.9. The van der Waals surface area contributed by atoms with E-state index in [0.717, 1.165) is 31.8 Å². The van der Waals surface area contributed by atoms with Gasteiger partial charge in [0.15, 0.2) is 9.92 Å². The van der Waals surface area contributed by atoms with E-state index in [1.807, 2.05) is 48.5 Å². The lowest BCUT2D eigenvalue weighted by Gasteiger charge is -2.10. The molecule has 1 N–H and O–H groups in total. The van der Waals surface area contributed by atoms with Gasteiger partial charge < -0.3 is 14.3 Å². The van der Waals surface area contributed by atoms with Gasteiger partial charge in [0, 0.05) is 5.75 Å². The Morgan fingerprint density at radius 1 is 1.07 bits per heavy atom. The van der Waals surface area contributed by atoms with Crippen molar-refractivity contribution in [3.8, 4) is 0 Å². The van der Waals surface area contributed by atoms with E-state index in [1.165, 1.54) is 11.8 Å². The third kappa shape index (κ3) is 3.25. The van der Waals surface area contributed by atoms with Gasteiger partial charge in [0.2, 0.25) is 5.76 Å². The number of ether oxygens (including phenoxy) is 1. The first-order valence-electron chi connectivity index (χ1n) is 8.33. The van der Waals surface area contributed by atoms with Crippen LogP contribution in [0.25, 0.3) is 21.3 Å². The van der Waals surface area contributed by atoms with E-state index in [1.54, 1.807) is 11.3 Å². The summed E-state index contributed by atoms with van der Waals surface area (Å²) >= 11 is 4.19. The van der Waals surface area contributed by atoms with Crippen molar-refractivity contribution in [3.05, 3.63) is 59.2 Å². The summed E-state index contributed by atoms with van der Waals surface area (Å²) in [5.74, 6) is -0.672. The fourth-order valence-electron chi connectivity index (χ4n) is 2.76. The number of esters is 1. The molecule has 9 heteroatoms. The van der Waals surface area contributed by atoms with Gasteiger partial charge in [-0.3, -0.25) is 0 Å². The zero-order chi connectivity index (χ0) is 19.1. The van der Waals surface area contributed by atoms with Gasteiger partial charge in [0.1, 0.15) is 11.6 Å². The van der Waals surface area contributed by atoms with Crippen molar-refractivity contribution in [2.24, 2.45) is 0 Å². The van der Waals surface area contributed by atoms with Crippen LogP contribution in [0.5, 0.6) is 0 Å². The highest BCUT2D eigenvalue weighted by Gasteiger charge is 2.36. The number of thioether (sulfide) groups is 2. The van der Waals surface area contributed by atoms with Crippen LogP contribution in [-0.4, -0.2) is 32.9 Å². The molecule has 28 heavy (non-hydrogen) atoms. The Hall–Kier alpha value is -2.49. The van der Waals surface area contributed by atoms with Gasteiger partial charge in [-0.05, 0) is 36.0 Å². The van der Waals surface area contributed by atoms with Gasteiger partial charge in [-0.25, -0.2) is 14.8 Å². The summed E-state index contributed by atoms with van der Waals surface area (Å²) in [5, 5.41) is 10.5. The number of thiazole rings is 1. The number of aromatic nitrogens is 2. The van der Waals surface area contributed by atoms with E-state index in [9.17, 15) is 9.90 Å². The Morgan fingerprint density at radius 3 is 2.68 bits per heavy atom. The zero-order valence-corrected chi connectivity index (χ0v) is 16.6. The molecule has 1 atom stereocenters. The first-order chi connectivity index (χ1) is 13.7. The minimum absolute atomic E-state index is 0.357. The summed E-state index contributed by atoms with van der Waals surface area (Å²) < 4.78 is 13.0. The van der Waals surface area contributed by atoms with Gasteiger partial charge >= 0.3 is 5.97 Å². The predicted molar refractivity (Wildman–Crippen MR) is 110 cm³/mol. The first-order valence-corrected chi connectivity index (χ1v) is 10.9. The molecule has 0 spiro atoms. The number of aliphatic hydroxyl groups is 1. The first kappa shape index (κ1) is 17.6. The molecule has 1 aliphatic heterocycles. The highest BCUT2D eigenvalue weighted by Crippen LogP contribution is 2.40. The van der Waals surface area contributed by atoms with Crippen LogP contribution in [0.2, 0.25) is 0 Å². The third-order valence-corrected chi connectivity index (χ3v) is 7.34. The molecule has 2 aromatic carbocycles. The molecule has 4 aromatic rings. The normalized spacial score (nSPS) is 17.0. The molecule has 0 amide bonds. The summed E-state index contributed by atoms with van der Waals surface area (Å²) in [7, 11) is 0. The van der Waals surface area contributed by atoms with Crippen molar-refractivity contribution >= 4 is 62.1 Å². The fourth-order valence-corrected chi connectivity index (χ4v) is 5.87. The topological polar surface area (TPSA) is 85.5 Å². The van der Waals surface area contributed by atoms with Crippen molar-refractivity contribution in [1.29, 1.82) is 0 Å². The van der Waals surface area contributed by atoms with Crippen molar-refractivity contribution in [2.45, 2.75) is 15.7 Å². The smallest absolute Gasteiger partial charge is 0.375 e. The molecule has 0 radical (unpaired) electrons. The number of hydrogen-bond donors (Lipinski definition) is 1. The number of fused-ring (bicyclic) bond motifs is 2. The molecule has 1 aliphatic rings. The SMILES string of the molecule is O=C1OC(CSc2nc3ccccc3s2)C(Sc2nc3ccccc3o2)=C1O. The maximum atomic E-state index is 11.9. The Labute approximate surface area is 171 Å². The van der Waals surface area contributed by atoms with E-state index in [-0.39, 0.29) is 5.76 Å². The van der Waals surface area contributed by atoms with E-state index in [0.29, 0.717) is 21.5 Å². The van der Waals surface area contributed by atoms with Gasteiger partial charge in [0.25, 0.3) is 5.22 Å². The van der Waals surface area contributed by atoms with E-state index < -0.39 is 12.1 Å². The van der Waals surface area contributed by atoms with Crippen LogP contribution in [0.4, 0.5) is 0 Å². The molecule has 3 heterocycles. The minimum Gasteiger partial charge on any atom is -0.501 e. The third-order valence-electron chi connectivity index (χ3n) is 4.07. The van der Waals surface area contributed by atoms with Gasteiger partial charge in [-0.2, -0.15) is 0 Å². The average Bonchev–Trinajstić information content (AvgIpc) is 3.37. The summed E-state index contributed by atoms with van der Waals surface area (Å²) in [6, 6.07) is 15.3. The Kier molecular flexibility index (Phi) is 4.50. The number of oxazole rings is 1. The predicted octanol–water partition coefficient (Wildman–Crippen LogP) is 5.02. The zero-order valence-electron chi connectivity index (χ0n) is 14.2. The number of hydrogen-bond acceptors (Lipinski definition) is 9. The van der Waals surface area contributed by atoms with Crippen LogP contribution in [0.15, 0.2) is 73.2 Å². The number of nitrogens with zero attached hydrogens (tertiary/aromatic N) is 2. The minimum atomic E-state index is -0.728. The van der Waals surface area contributed by atoms with Crippen LogP contribution in [0, 0.1) is 0 Å². The van der Waals surface area contributed by atoms with Crippen LogP contribution in [0.1, 0.15) is 0 Å². The lowest BCUT2D eigenvalue weighted by atomic mass is 10.3. The Bertz CT molecular complexity index is 1160. The molecule has 6 nitrogen and oxygen atoms in total. The number of para-hydroxylation sites is 3. The number of carbonyl (C=O) groups is 1. The highest BCUT2D eigenvalue weighted by molar-refractivity contribution is 8.03. The van der Waals surface area contributed by atoms with Crippen molar-refractivity contribution in [2.75, 3.05) is 5.75 Å². The second-order valence-corrected chi connectivity index (χ2v) is 9.21. The standard InChI is InChI=1S/C19H12N2O4S3/c22-15-16(28-18-20-10-5-1-3-7-12(10)25-18)13(24-17(15)23)9-26-19-21-11-6-2-4-8-14(11)27-19/h1-8,13,22H,9H2. The summed E-state index contributed by atoms with van der Waals surface area (Å²) in [6.07, 6.45) is -0.579. The molecule has 2 aromatic heterocycles. The lowest BCUT2D eigenvalue weighted by molar-refractivity contribution is -0.141. The Morgan fingerprint density at radius 2 is 1.86 bits per heavy atom. The van der Waals surface area contributed by atoms with Crippen molar-refractivity contribution in [3.63, 3.8) is 0 Å². The molecule has 0 bridgehead atoms. The van der Waals surface area contributed by atoms with Crippen LogP contribution in [0.3, 0.4) is 0 Å². The van der Waals surface area contributed by atoms with Crippen molar-refractivity contribution < 1.29 is 19.1 Å². The largest absolute Gasteiger partial charge is 0.501 e. The fraction of sp³-hybridized carbons (Fsp3) is 0.105. The second kappa shape index (κ2) is 7.16. The maximum Gasteiger partial charge on any atom is 0.375 e. The molecule has 1 unspecified atom stereocenters. The average molecular weight is 429 g/mol. The molecule has 0 saturated carbocycles. The van der Waals surface area contributed by atoms with E-state index in [2.05, 4.69) is 9.97 Å². The molecular formula is C19H12N2O4S3. The number of benzene rings is 2.